The van der Waals surface area contributed by atoms with Crippen LogP contribution in [0.1, 0.15) is 12.0 Å². The summed E-state index contributed by atoms with van der Waals surface area (Å²) >= 11 is 4.21. The van der Waals surface area contributed by atoms with Crippen molar-refractivity contribution >= 4 is 12.6 Å². The van der Waals surface area contributed by atoms with E-state index in [0.29, 0.717) is 13.2 Å². The lowest BCUT2D eigenvalue weighted by Gasteiger charge is -2.42. The van der Waals surface area contributed by atoms with Crippen molar-refractivity contribution in [2.24, 2.45) is 0 Å². The molecule has 0 aliphatic carbocycles. The molecule has 1 nitrogen and oxygen atoms in total. The van der Waals surface area contributed by atoms with E-state index in [1.54, 1.807) is 6.07 Å². The third-order valence-electron chi connectivity index (χ3n) is 2.79. The fourth-order valence-corrected chi connectivity index (χ4v) is 2.32. The molecule has 0 bridgehead atoms. The topological polar surface area (TPSA) is 9.23 Å². The van der Waals surface area contributed by atoms with Gasteiger partial charge < -0.3 is 4.74 Å². The molecule has 0 unspecified atom stereocenters. The molecule has 1 saturated heterocycles. The Bertz CT molecular complexity index is 323. The number of rotatable bonds is 3. The standard InChI is InChI=1S/C11H13FOS/c12-10-4-2-1-3-9(10)11(5-6-14)7-13-8-11/h1-4,14H,5-8H2. The molecular weight excluding hydrogens is 199 g/mol. The van der Waals surface area contributed by atoms with Crippen molar-refractivity contribution in [1.82, 2.24) is 0 Å². The van der Waals surface area contributed by atoms with Gasteiger partial charge in [0.15, 0.2) is 0 Å². The summed E-state index contributed by atoms with van der Waals surface area (Å²) in [6.07, 6.45) is 0.872. The maximum absolute atomic E-state index is 13.5. The van der Waals surface area contributed by atoms with E-state index in [1.165, 1.54) is 6.07 Å². The van der Waals surface area contributed by atoms with Gasteiger partial charge in [-0.3, -0.25) is 0 Å². The molecule has 76 valence electrons. The highest BCUT2D eigenvalue weighted by molar-refractivity contribution is 7.80. The summed E-state index contributed by atoms with van der Waals surface area (Å²) in [5, 5.41) is 0. The highest BCUT2D eigenvalue weighted by atomic mass is 32.1. The van der Waals surface area contributed by atoms with Crippen LogP contribution in [0.15, 0.2) is 24.3 Å². The zero-order valence-electron chi connectivity index (χ0n) is 7.87. The van der Waals surface area contributed by atoms with Crippen molar-refractivity contribution in [2.45, 2.75) is 11.8 Å². The number of hydrogen-bond acceptors (Lipinski definition) is 2. The molecule has 0 amide bonds. The Morgan fingerprint density at radius 2 is 2.07 bits per heavy atom. The maximum Gasteiger partial charge on any atom is 0.127 e. The van der Waals surface area contributed by atoms with Crippen molar-refractivity contribution in [3.63, 3.8) is 0 Å². The maximum atomic E-state index is 13.5. The number of benzene rings is 1. The van der Waals surface area contributed by atoms with E-state index >= 15 is 0 Å². The van der Waals surface area contributed by atoms with Crippen LogP contribution in [0, 0.1) is 5.82 Å². The first kappa shape index (κ1) is 9.99. The second-order valence-electron chi connectivity index (χ2n) is 3.73. The molecule has 0 atom stereocenters. The SMILES string of the molecule is Fc1ccccc1C1(CCS)COC1. The Balaban J connectivity index is 2.32. The van der Waals surface area contributed by atoms with Crippen LogP contribution in [0.5, 0.6) is 0 Å². The summed E-state index contributed by atoms with van der Waals surface area (Å²) in [6.45, 7) is 1.24. The molecule has 1 fully saturated rings. The molecule has 0 N–H and O–H groups in total. The molecular formula is C11H13FOS. The van der Waals surface area contributed by atoms with E-state index in [1.807, 2.05) is 12.1 Å². The summed E-state index contributed by atoms with van der Waals surface area (Å²) in [7, 11) is 0. The quantitative estimate of drug-likeness (QED) is 0.757. The van der Waals surface area contributed by atoms with Gasteiger partial charge in [0, 0.05) is 5.41 Å². The minimum atomic E-state index is -0.127. The van der Waals surface area contributed by atoms with Crippen molar-refractivity contribution in [1.29, 1.82) is 0 Å². The summed E-state index contributed by atoms with van der Waals surface area (Å²) in [5.41, 5.74) is 0.660. The summed E-state index contributed by atoms with van der Waals surface area (Å²) in [5.74, 6) is 0.634. The Kier molecular flexibility index (Phi) is 2.79. The molecule has 1 aromatic carbocycles. The molecule has 1 aliphatic rings. The molecule has 0 saturated carbocycles. The molecule has 0 radical (unpaired) electrons. The normalized spacial score (nSPS) is 19.0. The number of thiol groups is 1. The van der Waals surface area contributed by atoms with Crippen molar-refractivity contribution < 1.29 is 9.13 Å². The van der Waals surface area contributed by atoms with Gasteiger partial charge in [-0.1, -0.05) is 18.2 Å². The van der Waals surface area contributed by atoms with Crippen LogP contribution >= 0.6 is 12.6 Å². The number of ether oxygens (including phenoxy) is 1. The summed E-state index contributed by atoms with van der Waals surface area (Å²) in [6, 6.07) is 6.94. The van der Waals surface area contributed by atoms with Crippen LogP contribution in [0.3, 0.4) is 0 Å². The second-order valence-corrected chi connectivity index (χ2v) is 4.17. The van der Waals surface area contributed by atoms with Crippen LogP contribution in [-0.2, 0) is 10.2 Å². The predicted octanol–water partition coefficient (Wildman–Crippen LogP) is 2.41. The van der Waals surface area contributed by atoms with Gasteiger partial charge in [-0.05, 0) is 23.8 Å². The highest BCUT2D eigenvalue weighted by Gasteiger charge is 2.41. The van der Waals surface area contributed by atoms with Crippen molar-refractivity contribution in [3.05, 3.63) is 35.6 Å². The first-order valence-corrected chi connectivity index (χ1v) is 5.35. The van der Waals surface area contributed by atoms with Gasteiger partial charge in [0.05, 0.1) is 13.2 Å². The molecule has 1 aliphatic heterocycles. The Hall–Kier alpha value is -0.540. The lowest BCUT2D eigenvalue weighted by Crippen LogP contribution is -2.47. The van der Waals surface area contributed by atoms with E-state index in [-0.39, 0.29) is 11.2 Å². The molecule has 14 heavy (non-hydrogen) atoms. The molecule has 1 aromatic rings. The van der Waals surface area contributed by atoms with E-state index in [4.69, 9.17) is 4.74 Å². The number of hydrogen-bond donors (Lipinski definition) is 1. The molecule has 1 heterocycles. The zero-order valence-corrected chi connectivity index (χ0v) is 8.77. The van der Waals surface area contributed by atoms with E-state index < -0.39 is 0 Å². The average Bonchev–Trinajstić information content (AvgIpc) is 2.13. The summed E-state index contributed by atoms with van der Waals surface area (Å²) in [4.78, 5) is 0. The van der Waals surface area contributed by atoms with Crippen molar-refractivity contribution in [2.75, 3.05) is 19.0 Å². The Labute approximate surface area is 88.7 Å². The van der Waals surface area contributed by atoms with Crippen molar-refractivity contribution in [3.8, 4) is 0 Å². The van der Waals surface area contributed by atoms with Gasteiger partial charge in [-0.2, -0.15) is 12.6 Å². The minimum absolute atomic E-state index is 0.118. The zero-order chi connectivity index (χ0) is 10.0. The average molecular weight is 212 g/mol. The lowest BCUT2D eigenvalue weighted by atomic mass is 9.76. The Morgan fingerprint density at radius 1 is 1.36 bits per heavy atom. The largest absolute Gasteiger partial charge is 0.379 e. The predicted molar refractivity (Wildman–Crippen MR) is 57.4 cm³/mol. The van der Waals surface area contributed by atoms with Gasteiger partial charge in [-0.15, -0.1) is 0 Å². The van der Waals surface area contributed by atoms with E-state index in [2.05, 4.69) is 12.6 Å². The highest BCUT2D eigenvalue weighted by Crippen LogP contribution is 2.37. The molecule has 2 rings (SSSR count). The van der Waals surface area contributed by atoms with Crippen LogP contribution in [-0.4, -0.2) is 19.0 Å². The van der Waals surface area contributed by atoms with Gasteiger partial charge in [0.25, 0.3) is 0 Å². The van der Waals surface area contributed by atoms with Gasteiger partial charge in [0.1, 0.15) is 5.82 Å². The second kappa shape index (κ2) is 3.91. The first-order valence-electron chi connectivity index (χ1n) is 4.72. The lowest BCUT2D eigenvalue weighted by molar-refractivity contribution is -0.0629. The van der Waals surface area contributed by atoms with E-state index in [0.717, 1.165) is 17.7 Å². The smallest absolute Gasteiger partial charge is 0.127 e. The minimum Gasteiger partial charge on any atom is -0.379 e. The third kappa shape index (κ3) is 1.55. The summed E-state index contributed by atoms with van der Waals surface area (Å²) < 4.78 is 18.7. The molecule has 0 aromatic heterocycles. The van der Waals surface area contributed by atoms with Gasteiger partial charge >= 0.3 is 0 Å². The fraction of sp³-hybridized carbons (Fsp3) is 0.455. The van der Waals surface area contributed by atoms with Gasteiger partial charge in [0.2, 0.25) is 0 Å². The van der Waals surface area contributed by atoms with E-state index in [9.17, 15) is 4.39 Å². The monoisotopic (exact) mass is 212 g/mol. The number of halogens is 1. The van der Waals surface area contributed by atoms with Crippen LogP contribution in [0.2, 0.25) is 0 Å². The van der Waals surface area contributed by atoms with Crippen LogP contribution in [0.4, 0.5) is 4.39 Å². The molecule has 0 spiro atoms. The van der Waals surface area contributed by atoms with Crippen LogP contribution in [0.25, 0.3) is 0 Å². The Morgan fingerprint density at radius 3 is 2.57 bits per heavy atom. The van der Waals surface area contributed by atoms with Crippen LogP contribution < -0.4 is 0 Å². The first-order chi connectivity index (χ1) is 6.78. The van der Waals surface area contributed by atoms with Gasteiger partial charge in [-0.25, -0.2) is 4.39 Å². The molecule has 3 heteroatoms. The fourth-order valence-electron chi connectivity index (χ4n) is 1.89. The third-order valence-corrected chi connectivity index (χ3v) is 3.02.